The first-order valence-electron chi connectivity index (χ1n) is 7.79. The summed E-state index contributed by atoms with van der Waals surface area (Å²) in [5.74, 6) is -0.602. The second-order valence-electron chi connectivity index (χ2n) is 5.44. The number of amides is 2. The number of aliphatic carboxylic acids is 1. The largest absolute Gasteiger partial charge is 0.481 e. The van der Waals surface area contributed by atoms with E-state index in [1.54, 1.807) is 0 Å². The quantitative estimate of drug-likeness (QED) is 0.482. The molecule has 0 bridgehead atoms. The Morgan fingerprint density at radius 3 is 2.35 bits per heavy atom. The molecule has 3 N–H and O–H groups in total. The van der Waals surface area contributed by atoms with Gasteiger partial charge in [0.2, 0.25) is 0 Å². The lowest BCUT2D eigenvalue weighted by Crippen LogP contribution is -2.38. The van der Waals surface area contributed by atoms with Crippen molar-refractivity contribution in [2.24, 2.45) is 5.92 Å². The molecule has 0 aliphatic carbocycles. The predicted octanol–water partition coefficient (Wildman–Crippen LogP) is 3.15. The summed E-state index contributed by atoms with van der Waals surface area (Å²) < 4.78 is 0. The van der Waals surface area contributed by atoms with Crippen LogP contribution in [0, 0.1) is 5.92 Å². The first kappa shape index (κ1) is 18.7. The van der Waals surface area contributed by atoms with Crippen molar-refractivity contribution < 1.29 is 14.7 Å². The van der Waals surface area contributed by atoms with Gasteiger partial charge in [-0.1, -0.05) is 46.0 Å². The lowest BCUT2D eigenvalue weighted by atomic mass is 10.1. The van der Waals surface area contributed by atoms with Crippen LogP contribution >= 0.6 is 0 Å². The molecule has 5 heteroatoms. The Balaban J connectivity index is 3.38. The summed E-state index contributed by atoms with van der Waals surface area (Å²) in [6.45, 7) is 5.37. The van der Waals surface area contributed by atoms with Crippen molar-refractivity contribution in [2.45, 2.75) is 65.2 Å². The molecule has 0 aliphatic rings. The van der Waals surface area contributed by atoms with Crippen LogP contribution in [0.2, 0.25) is 0 Å². The van der Waals surface area contributed by atoms with Crippen LogP contribution in [0.1, 0.15) is 65.2 Å². The first-order valence-corrected chi connectivity index (χ1v) is 7.79. The van der Waals surface area contributed by atoms with Crippen LogP contribution in [0.15, 0.2) is 0 Å². The third kappa shape index (κ3) is 13.2. The van der Waals surface area contributed by atoms with E-state index in [1.807, 2.05) is 6.92 Å². The lowest BCUT2D eigenvalue weighted by Gasteiger charge is -2.12. The molecule has 0 aliphatic heterocycles. The molecular formula is C15H30N2O3. The number of urea groups is 1. The van der Waals surface area contributed by atoms with Gasteiger partial charge in [-0.3, -0.25) is 4.79 Å². The maximum absolute atomic E-state index is 11.5. The van der Waals surface area contributed by atoms with Crippen LogP contribution in [0.5, 0.6) is 0 Å². The topological polar surface area (TPSA) is 78.4 Å². The molecule has 1 unspecified atom stereocenters. The molecule has 0 saturated carbocycles. The Morgan fingerprint density at radius 2 is 1.70 bits per heavy atom. The van der Waals surface area contributed by atoms with Gasteiger partial charge in [-0.15, -0.1) is 0 Å². The highest BCUT2D eigenvalue weighted by molar-refractivity contribution is 5.73. The molecule has 5 nitrogen and oxygen atoms in total. The second-order valence-corrected chi connectivity index (χ2v) is 5.44. The number of carbonyl (C=O) groups is 2. The summed E-state index contributed by atoms with van der Waals surface area (Å²) in [5, 5.41) is 14.2. The standard InChI is InChI=1S/C15H30N2O3/c1-3-4-5-6-7-8-11-16-15(20)17-12-13(2)9-10-14(18)19/h13H,3-12H2,1-2H3,(H,18,19)(H2,16,17,20). The van der Waals surface area contributed by atoms with Gasteiger partial charge in [-0.2, -0.15) is 0 Å². The minimum absolute atomic E-state index is 0.152. The highest BCUT2D eigenvalue weighted by Gasteiger charge is 2.07. The van der Waals surface area contributed by atoms with E-state index in [4.69, 9.17) is 5.11 Å². The van der Waals surface area contributed by atoms with Crippen LogP contribution in [-0.4, -0.2) is 30.2 Å². The summed E-state index contributed by atoms with van der Waals surface area (Å²) in [6, 6.07) is -0.152. The van der Waals surface area contributed by atoms with E-state index in [9.17, 15) is 9.59 Å². The van der Waals surface area contributed by atoms with Gasteiger partial charge in [-0.25, -0.2) is 4.79 Å². The van der Waals surface area contributed by atoms with Crippen LogP contribution in [-0.2, 0) is 4.79 Å². The van der Waals surface area contributed by atoms with Crippen molar-refractivity contribution in [3.8, 4) is 0 Å². The van der Waals surface area contributed by atoms with E-state index in [2.05, 4.69) is 17.6 Å². The van der Waals surface area contributed by atoms with Gasteiger partial charge in [0, 0.05) is 19.5 Å². The fourth-order valence-electron chi connectivity index (χ4n) is 1.91. The molecule has 0 radical (unpaired) electrons. The molecule has 1 atom stereocenters. The third-order valence-electron chi connectivity index (χ3n) is 3.28. The average molecular weight is 286 g/mol. The monoisotopic (exact) mass is 286 g/mol. The van der Waals surface area contributed by atoms with Gasteiger partial charge in [0.1, 0.15) is 0 Å². The van der Waals surface area contributed by atoms with Crippen molar-refractivity contribution in [2.75, 3.05) is 13.1 Å². The van der Waals surface area contributed by atoms with Crippen molar-refractivity contribution in [1.29, 1.82) is 0 Å². The molecule has 0 heterocycles. The van der Waals surface area contributed by atoms with Crippen LogP contribution in [0.25, 0.3) is 0 Å². The van der Waals surface area contributed by atoms with Crippen molar-refractivity contribution >= 4 is 12.0 Å². The predicted molar refractivity (Wildman–Crippen MR) is 80.8 cm³/mol. The van der Waals surface area contributed by atoms with Crippen molar-refractivity contribution in [1.82, 2.24) is 10.6 Å². The highest BCUT2D eigenvalue weighted by Crippen LogP contribution is 2.04. The summed E-state index contributed by atoms with van der Waals surface area (Å²) in [4.78, 5) is 21.9. The fraction of sp³-hybridized carbons (Fsp3) is 0.867. The molecule has 0 rings (SSSR count). The SMILES string of the molecule is CCCCCCCCNC(=O)NCC(C)CCC(=O)O. The minimum atomic E-state index is -0.788. The van der Waals surface area contributed by atoms with Gasteiger partial charge in [0.25, 0.3) is 0 Å². The summed E-state index contributed by atoms with van der Waals surface area (Å²) >= 11 is 0. The molecule has 0 spiro atoms. The number of rotatable bonds is 12. The molecule has 0 aromatic heterocycles. The number of carbonyl (C=O) groups excluding carboxylic acids is 1. The summed E-state index contributed by atoms with van der Waals surface area (Å²) in [7, 11) is 0. The minimum Gasteiger partial charge on any atom is -0.481 e. The molecule has 0 fully saturated rings. The van der Waals surface area contributed by atoms with Crippen LogP contribution in [0.4, 0.5) is 4.79 Å². The van der Waals surface area contributed by atoms with E-state index in [0.717, 1.165) is 12.8 Å². The smallest absolute Gasteiger partial charge is 0.314 e. The number of hydrogen-bond acceptors (Lipinski definition) is 2. The molecule has 20 heavy (non-hydrogen) atoms. The third-order valence-corrected chi connectivity index (χ3v) is 3.28. The fourth-order valence-corrected chi connectivity index (χ4v) is 1.91. The zero-order chi connectivity index (χ0) is 15.2. The zero-order valence-electron chi connectivity index (χ0n) is 12.9. The molecular weight excluding hydrogens is 256 g/mol. The molecule has 0 aromatic carbocycles. The van der Waals surface area contributed by atoms with Gasteiger partial charge in [-0.05, 0) is 18.8 Å². The van der Waals surface area contributed by atoms with Crippen molar-refractivity contribution in [3.63, 3.8) is 0 Å². The van der Waals surface area contributed by atoms with Gasteiger partial charge >= 0.3 is 12.0 Å². The van der Waals surface area contributed by atoms with Gasteiger partial charge in [0.05, 0.1) is 0 Å². The number of unbranched alkanes of at least 4 members (excludes halogenated alkanes) is 5. The second kappa shape index (κ2) is 12.8. The zero-order valence-corrected chi connectivity index (χ0v) is 12.9. The Labute approximate surface area is 122 Å². The summed E-state index contributed by atoms with van der Waals surface area (Å²) in [5.41, 5.74) is 0. The van der Waals surface area contributed by atoms with E-state index in [-0.39, 0.29) is 18.4 Å². The molecule has 118 valence electrons. The molecule has 2 amide bonds. The number of carboxylic acids is 1. The Morgan fingerprint density at radius 1 is 1.05 bits per heavy atom. The molecule has 0 aromatic rings. The first-order chi connectivity index (χ1) is 9.56. The lowest BCUT2D eigenvalue weighted by molar-refractivity contribution is -0.137. The average Bonchev–Trinajstić information content (AvgIpc) is 2.41. The Kier molecular flexibility index (Phi) is 12.0. The number of nitrogens with one attached hydrogen (secondary N) is 2. The Bertz CT molecular complexity index is 270. The van der Waals surface area contributed by atoms with E-state index < -0.39 is 5.97 Å². The normalized spacial score (nSPS) is 11.9. The molecule has 0 saturated heterocycles. The summed E-state index contributed by atoms with van der Waals surface area (Å²) in [6.07, 6.45) is 7.99. The maximum atomic E-state index is 11.5. The van der Waals surface area contributed by atoms with E-state index in [1.165, 1.54) is 25.7 Å². The van der Waals surface area contributed by atoms with Crippen LogP contribution < -0.4 is 10.6 Å². The highest BCUT2D eigenvalue weighted by atomic mass is 16.4. The number of carboxylic acid groups (broad SMARTS) is 1. The maximum Gasteiger partial charge on any atom is 0.314 e. The van der Waals surface area contributed by atoms with E-state index in [0.29, 0.717) is 19.5 Å². The Hall–Kier alpha value is -1.26. The van der Waals surface area contributed by atoms with E-state index >= 15 is 0 Å². The van der Waals surface area contributed by atoms with Crippen molar-refractivity contribution in [3.05, 3.63) is 0 Å². The van der Waals surface area contributed by atoms with Crippen LogP contribution in [0.3, 0.4) is 0 Å². The van der Waals surface area contributed by atoms with Gasteiger partial charge < -0.3 is 15.7 Å². The number of hydrogen-bond donors (Lipinski definition) is 3. The van der Waals surface area contributed by atoms with Gasteiger partial charge in [0.15, 0.2) is 0 Å².